The summed E-state index contributed by atoms with van der Waals surface area (Å²) in [4.78, 5) is 21.5. The van der Waals surface area contributed by atoms with Crippen LogP contribution in [0.1, 0.15) is 47.1 Å². The number of ether oxygens (including phenoxy) is 1. The third-order valence-electron chi connectivity index (χ3n) is 4.47. The van der Waals surface area contributed by atoms with Gasteiger partial charge in [-0.15, -0.1) is 11.3 Å². The molecule has 0 bridgehead atoms. The number of imidazole rings is 1. The molecule has 4 rings (SSSR count). The van der Waals surface area contributed by atoms with Gasteiger partial charge in [0.05, 0.1) is 11.4 Å². The van der Waals surface area contributed by atoms with Crippen LogP contribution in [0, 0.1) is 6.92 Å². The van der Waals surface area contributed by atoms with Gasteiger partial charge in [0.25, 0.3) is 5.91 Å². The van der Waals surface area contributed by atoms with E-state index in [4.69, 9.17) is 4.74 Å². The van der Waals surface area contributed by atoms with E-state index >= 15 is 0 Å². The molecule has 0 atom stereocenters. The van der Waals surface area contributed by atoms with Crippen molar-refractivity contribution in [3.05, 3.63) is 76.7 Å². The summed E-state index contributed by atoms with van der Waals surface area (Å²) in [5, 5.41) is 5.43. The monoisotopic (exact) mass is 406 g/mol. The van der Waals surface area contributed by atoms with Crippen molar-refractivity contribution in [1.82, 2.24) is 14.4 Å². The summed E-state index contributed by atoms with van der Waals surface area (Å²) >= 11 is 1.43. The zero-order valence-corrected chi connectivity index (χ0v) is 17.4. The maximum Gasteiger partial charge on any atom is 0.257 e. The van der Waals surface area contributed by atoms with Gasteiger partial charge < -0.3 is 9.14 Å². The normalized spacial score (nSPS) is 11.2. The van der Waals surface area contributed by atoms with Gasteiger partial charge in [-0.1, -0.05) is 26.0 Å². The Kier molecular flexibility index (Phi) is 5.31. The van der Waals surface area contributed by atoms with Crippen molar-refractivity contribution in [3.8, 4) is 5.75 Å². The number of amides is 1. The standard InChI is InChI=1S/C22H22N4O2S/c1-14(2)19-13-29-22(24-19)25-21(27)16-5-4-6-18(9-16)28-12-17-11-26-10-15(3)7-8-20(26)23-17/h4-11,13-14H,12H2,1-3H3,(H,24,25,27). The SMILES string of the molecule is Cc1ccc2nc(COc3cccc(C(=O)Nc4nc(C(C)C)cs4)c3)cn2c1. The van der Waals surface area contributed by atoms with Crippen LogP contribution in [-0.4, -0.2) is 20.3 Å². The molecule has 4 aromatic rings. The highest BCUT2D eigenvalue weighted by Crippen LogP contribution is 2.23. The summed E-state index contributed by atoms with van der Waals surface area (Å²) in [6.45, 7) is 6.52. The molecule has 0 aliphatic rings. The Labute approximate surface area is 173 Å². The van der Waals surface area contributed by atoms with Crippen LogP contribution in [-0.2, 0) is 6.61 Å². The molecule has 0 unspecified atom stereocenters. The van der Waals surface area contributed by atoms with Gasteiger partial charge in [0.15, 0.2) is 5.13 Å². The summed E-state index contributed by atoms with van der Waals surface area (Å²) < 4.78 is 7.84. The first kappa shape index (κ1) is 19.1. The Hall–Kier alpha value is -3.19. The third-order valence-corrected chi connectivity index (χ3v) is 5.24. The number of aryl methyl sites for hydroxylation is 1. The second-order valence-electron chi connectivity index (χ2n) is 7.21. The molecule has 0 aliphatic heterocycles. The van der Waals surface area contributed by atoms with E-state index in [9.17, 15) is 4.79 Å². The number of fused-ring (bicyclic) bond motifs is 1. The lowest BCUT2D eigenvalue weighted by molar-refractivity contribution is 0.102. The molecule has 3 aromatic heterocycles. The quantitative estimate of drug-likeness (QED) is 0.486. The van der Waals surface area contributed by atoms with Crippen LogP contribution in [0.3, 0.4) is 0 Å². The van der Waals surface area contributed by atoms with E-state index in [1.165, 1.54) is 16.9 Å². The Morgan fingerprint density at radius 1 is 1.21 bits per heavy atom. The summed E-state index contributed by atoms with van der Waals surface area (Å²) in [6.07, 6.45) is 3.98. The fourth-order valence-electron chi connectivity index (χ4n) is 2.89. The molecule has 1 aromatic carbocycles. The topological polar surface area (TPSA) is 68.5 Å². The first-order valence-corrected chi connectivity index (χ1v) is 10.3. The molecule has 0 aliphatic carbocycles. The zero-order chi connectivity index (χ0) is 20.4. The van der Waals surface area contributed by atoms with E-state index in [1.54, 1.807) is 18.2 Å². The van der Waals surface area contributed by atoms with Gasteiger partial charge in [-0.05, 0) is 42.7 Å². The van der Waals surface area contributed by atoms with E-state index in [1.807, 2.05) is 47.3 Å². The minimum Gasteiger partial charge on any atom is -0.487 e. The van der Waals surface area contributed by atoms with Crippen LogP contribution in [0.4, 0.5) is 5.13 Å². The molecule has 0 spiro atoms. The molecular weight excluding hydrogens is 384 g/mol. The van der Waals surface area contributed by atoms with Gasteiger partial charge >= 0.3 is 0 Å². The first-order valence-electron chi connectivity index (χ1n) is 9.42. The second-order valence-corrected chi connectivity index (χ2v) is 8.07. The van der Waals surface area contributed by atoms with E-state index in [0.717, 1.165) is 17.0 Å². The number of rotatable bonds is 6. The Morgan fingerprint density at radius 3 is 2.86 bits per heavy atom. The molecule has 0 radical (unpaired) electrons. The number of hydrogen-bond donors (Lipinski definition) is 1. The molecule has 148 valence electrons. The highest BCUT2D eigenvalue weighted by Gasteiger charge is 2.12. The number of pyridine rings is 1. The fourth-order valence-corrected chi connectivity index (χ4v) is 3.75. The van der Waals surface area contributed by atoms with E-state index in [2.05, 4.69) is 29.1 Å². The van der Waals surface area contributed by atoms with E-state index in [0.29, 0.717) is 29.0 Å². The lowest BCUT2D eigenvalue weighted by Gasteiger charge is -2.07. The number of thiazole rings is 1. The van der Waals surface area contributed by atoms with Crippen LogP contribution >= 0.6 is 11.3 Å². The molecule has 0 saturated carbocycles. The molecule has 1 amide bonds. The number of anilines is 1. The first-order chi connectivity index (χ1) is 14.0. The van der Waals surface area contributed by atoms with Gasteiger partial charge in [-0.3, -0.25) is 10.1 Å². The number of nitrogens with zero attached hydrogens (tertiary/aromatic N) is 3. The number of carbonyl (C=O) groups is 1. The van der Waals surface area contributed by atoms with Crippen molar-refractivity contribution in [1.29, 1.82) is 0 Å². The van der Waals surface area contributed by atoms with Gasteiger partial charge in [-0.25, -0.2) is 9.97 Å². The molecule has 0 saturated heterocycles. The maximum absolute atomic E-state index is 12.6. The average molecular weight is 407 g/mol. The molecule has 6 nitrogen and oxygen atoms in total. The molecule has 7 heteroatoms. The van der Waals surface area contributed by atoms with Crippen molar-refractivity contribution in [2.45, 2.75) is 33.3 Å². The zero-order valence-electron chi connectivity index (χ0n) is 16.5. The fraction of sp³-hybridized carbons (Fsp3) is 0.227. The summed E-state index contributed by atoms with van der Waals surface area (Å²) in [7, 11) is 0. The lowest BCUT2D eigenvalue weighted by Crippen LogP contribution is -2.12. The highest BCUT2D eigenvalue weighted by atomic mass is 32.1. The van der Waals surface area contributed by atoms with Gasteiger partial charge in [0.1, 0.15) is 18.0 Å². The lowest BCUT2D eigenvalue weighted by atomic mass is 10.2. The number of nitrogens with one attached hydrogen (secondary N) is 1. The average Bonchev–Trinajstić information content (AvgIpc) is 3.33. The minimum atomic E-state index is -0.205. The molecular formula is C22H22N4O2S. The molecule has 0 fully saturated rings. The van der Waals surface area contributed by atoms with Crippen LogP contribution in [0.15, 0.2) is 54.2 Å². The Balaban J connectivity index is 1.42. The van der Waals surface area contributed by atoms with Crippen LogP contribution in [0.2, 0.25) is 0 Å². The second kappa shape index (κ2) is 8.05. The Morgan fingerprint density at radius 2 is 2.07 bits per heavy atom. The van der Waals surface area contributed by atoms with Gasteiger partial charge in [0, 0.05) is 23.3 Å². The predicted molar refractivity (Wildman–Crippen MR) is 115 cm³/mol. The minimum absolute atomic E-state index is 0.205. The van der Waals surface area contributed by atoms with Crippen LogP contribution < -0.4 is 10.1 Å². The smallest absolute Gasteiger partial charge is 0.257 e. The number of hydrogen-bond acceptors (Lipinski definition) is 5. The summed E-state index contributed by atoms with van der Waals surface area (Å²) in [6, 6.07) is 11.1. The van der Waals surface area contributed by atoms with Crippen molar-refractivity contribution in [2.24, 2.45) is 0 Å². The van der Waals surface area contributed by atoms with Crippen molar-refractivity contribution >= 4 is 28.0 Å². The van der Waals surface area contributed by atoms with Crippen molar-refractivity contribution in [3.63, 3.8) is 0 Å². The van der Waals surface area contributed by atoms with Crippen molar-refractivity contribution in [2.75, 3.05) is 5.32 Å². The van der Waals surface area contributed by atoms with Crippen molar-refractivity contribution < 1.29 is 9.53 Å². The van der Waals surface area contributed by atoms with Crippen LogP contribution in [0.25, 0.3) is 5.65 Å². The number of benzene rings is 1. The summed E-state index contributed by atoms with van der Waals surface area (Å²) in [5.74, 6) is 0.744. The molecule has 29 heavy (non-hydrogen) atoms. The van der Waals surface area contributed by atoms with Gasteiger partial charge in [0.2, 0.25) is 0 Å². The predicted octanol–water partition coefficient (Wildman–Crippen LogP) is 5.05. The number of carbonyl (C=O) groups excluding carboxylic acids is 1. The maximum atomic E-state index is 12.6. The van der Waals surface area contributed by atoms with Crippen LogP contribution in [0.5, 0.6) is 5.75 Å². The summed E-state index contributed by atoms with van der Waals surface area (Å²) in [5.41, 5.74) is 4.38. The molecule has 3 heterocycles. The highest BCUT2D eigenvalue weighted by molar-refractivity contribution is 7.14. The Bertz CT molecular complexity index is 1160. The van der Waals surface area contributed by atoms with E-state index in [-0.39, 0.29) is 5.91 Å². The number of aromatic nitrogens is 3. The third kappa shape index (κ3) is 4.46. The van der Waals surface area contributed by atoms with E-state index < -0.39 is 0 Å². The molecule has 1 N–H and O–H groups in total. The largest absolute Gasteiger partial charge is 0.487 e. The van der Waals surface area contributed by atoms with Gasteiger partial charge in [-0.2, -0.15) is 0 Å².